The van der Waals surface area contributed by atoms with Gasteiger partial charge in [-0.25, -0.2) is 8.78 Å². The molecular weight excluding hydrogens is 264 g/mol. The number of halogens is 3. The molecule has 0 bridgehead atoms. The Morgan fingerprint density at radius 1 is 1.39 bits per heavy atom. The van der Waals surface area contributed by atoms with E-state index in [0.717, 1.165) is 5.56 Å². The minimum Gasteiger partial charge on any atom is -0.390 e. The molecule has 1 aromatic rings. The highest BCUT2D eigenvalue weighted by atomic mass is 35.5. The lowest BCUT2D eigenvalue weighted by atomic mass is 10.1. The summed E-state index contributed by atoms with van der Waals surface area (Å²) in [5, 5.41) is 11.0. The van der Waals surface area contributed by atoms with E-state index in [1.165, 1.54) is 0 Å². The van der Waals surface area contributed by atoms with Gasteiger partial charge in [0.25, 0.3) is 5.92 Å². The molecule has 1 aromatic carbocycles. The first-order chi connectivity index (χ1) is 8.44. The lowest BCUT2D eigenvalue weighted by molar-refractivity contribution is -0.124. The first-order valence-electron chi connectivity index (χ1n) is 5.43. The van der Waals surface area contributed by atoms with Crippen LogP contribution in [0.3, 0.4) is 0 Å². The van der Waals surface area contributed by atoms with E-state index in [9.17, 15) is 13.6 Å². The van der Waals surface area contributed by atoms with Gasteiger partial charge in [-0.05, 0) is 18.1 Å². The van der Waals surface area contributed by atoms with Crippen molar-refractivity contribution in [1.82, 2.24) is 5.32 Å². The summed E-state index contributed by atoms with van der Waals surface area (Å²) in [6.07, 6.45) is 0.460. The van der Waals surface area contributed by atoms with Crippen LogP contribution >= 0.6 is 11.6 Å². The molecule has 0 heterocycles. The number of amides is 1. The molecule has 0 radical (unpaired) electrons. The molecule has 100 valence electrons. The Bertz CT molecular complexity index is 413. The number of aliphatic hydroxyl groups is 1. The Labute approximate surface area is 109 Å². The number of aryl methyl sites for hydroxylation is 1. The highest BCUT2D eigenvalue weighted by Crippen LogP contribution is 2.16. The van der Waals surface area contributed by atoms with Crippen molar-refractivity contribution in [3.63, 3.8) is 0 Å². The molecule has 0 saturated heterocycles. The monoisotopic (exact) mass is 277 g/mol. The van der Waals surface area contributed by atoms with E-state index >= 15 is 0 Å². The van der Waals surface area contributed by atoms with Crippen LogP contribution in [0.1, 0.15) is 12.0 Å². The SMILES string of the molecule is O=C(CCc1ccccc1Cl)NCC(F)(F)CO. The van der Waals surface area contributed by atoms with Crippen LogP contribution in [0.15, 0.2) is 24.3 Å². The minimum absolute atomic E-state index is 0.0746. The highest BCUT2D eigenvalue weighted by Gasteiger charge is 2.27. The molecular formula is C12H14ClF2NO2. The van der Waals surface area contributed by atoms with Gasteiger partial charge in [0.1, 0.15) is 6.61 Å². The third-order valence-electron chi connectivity index (χ3n) is 2.35. The molecule has 0 spiro atoms. The fourth-order valence-corrected chi connectivity index (χ4v) is 1.55. The second-order valence-corrected chi connectivity index (χ2v) is 4.29. The normalized spacial score (nSPS) is 11.3. The zero-order valence-electron chi connectivity index (χ0n) is 9.63. The second kappa shape index (κ2) is 6.66. The molecule has 0 fully saturated rings. The fourth-order valence-electron chi connectivity index (χ4n) is 1.32. The number of benzene rings is 1. The smallest absolute Gasteiger partial charge is 0.287 e. The Balaban J connectivity index is 2.36. The van der Waals surface area contributed by atoms with Gasteiger partial charge in [-0.3, -0.25) is 4.79 Å². The number of aliphatic hydroxyl groups excluding tert-OH is 1. The molecule has 0 aliphatic rings. The van der Waals surface area contributed by atoms with Gasteiger partial charge in [0.05, 0.1) is 6.54 Å². The van der Waals surface area contributed by atoms with E-state index in [-0.39, 0.29) is 6.42 Å². The van der Waals surface area contributed by atoms with Gasteiger partial charge in [0, 0.05) is 11.4 Å². The predicted molar refractivity (Wildman–Crippen MR) is 64.8 cm³/mol. The number of hydrogen-bond acceptors (Lipinski definition) is 2. The van der Waals surface area contributed by atoms with Gasteiger partial charge in [-0.1, -0.05) is 29.8 Å². The van der Waals surface area contributed by atoms with Crippen LogP contribution < -0.4 is 5.32 Å². The zero-order valence-corrected chi connectivity index (χ0v) is 10.4. The summed E-state index contributed by atoms with van der Waals surface area (Å²) in [4.78, 5) is 11.3. The summed E-state index contributed by atoms with van der Waals surface area (Å²) in [7, 11) is 0. The van der Waals surface area contributed by atoms with Crippen molar-refractivity contribution >= 4 is 17.5 Å². The van der Waals surface area contributed by atoms with E-state index in [0.29, 0.717) is 11.4 Å². The number of carbonyl (C=O) groups is 1. The summed E-state index contributed by atoms with van der Waals surface area (Å²) in [6, 6.07) is 7.04. The lowest BCUT2D eigenvalue weighted by Crippen LogP contribution is -2.39. The third kappa shape index (κ3) is 4.98. The van der Waals surface area contributed by atoms with Gasteiger partial charge >= 0.3 is 0 Å². The Morgan fingerprint density at radius 2 is 2.06 bits per heavy atom. The van der Waals surface area contributed by atoms with Crippen LogP contribution in [0.5, 0.6) is 0 Å². The van der Waals surface area contributed by atoms with Crippen molar-refractivity contribution in [2.24, 2.45) is 0 Å². The number of nitrogens with one attached hydrogen (secondary N) is 1. The number of alkyl halides is 2. The topological polar surface area (TPSA) is 49.3 Å². The summed E-state index contributed by atoms with van der Waals surface area (Å²) in [5.41, 5.74) is 0.795. The summed E-state index contributed by atoms with van der Waals surface area (Å²) in [5.74, 6) is -3.77. The average molecular weight is 278 g/mol. The molecule has 3 nitrogen and oxygen atoms in total. The molecule has 2 N–H and O–H groups in total. The molecule has 0 aliphatic carbocycles. The highest BCUT2D eigenvalue weighted by molar-refractivity contribution is 6.31. The van der Waals surface area contributed by atoms with E-state index in [4.69, 9.17) is 16.7 Å². The summed E-state index contributed by atoms with van der Waals surface area (Å²) >= 11 is 5.90. The van der Waals surface area contributed by atoms with Crippen molar-refractivity contribution < 1.29 is 18.7 Å². The standard InChI is InChI=1S/C12H14ClF2NO2/c13-10-4-2-1-3-9(10)5-6-11(18)16-7-12(14,15)8-17/h1-4,17H,5-8H2,(H,16,18). The summed E-state index contributed by atoms with van der Waals surface area (Å²) < 4.78 is 25.3. The summed E-state index contributed by atoms with van der Waals surface area (Å²) in [6.45, 7) is -2.14. The zero-order chi connectivity index (χ0) is 13.6. The fraction of sp³-hybridized carbons (Fsp3) is 0.417. The largest absolute Gasteiger partial charge is 0.390 e. The van der Waals surface area contributed by atoms with Crippen molar-refractivity contribution in [2.75, 3.05) is 13.2 Å². The minimum atomic E-state index is -3.28. The van der Waals surface area contributed by atoms with E-state index in [1.807, 2.05) is 0 Å². The van der Waals surface area contributed by atoms with E-state index < -0.39 is 25.0 Å². The van der Waals surface area contributed by atoms with E-state index in [2.05, 4.69) is 5.32 Å². The molecule has 0 aliphatic heterocycles. The van der Waals surface area contributed by atoms with Crippen molar-refractivity contribution in [2.45, 2.75) is 18.8 Å². The van der Waals surface area contributed by atoms with Crippen LogP contribution in [0.25, 0.3) is 0 Å². The third-order valence-corrected chi connectivity index (χ3v) is 2.72. The van der Waals surface area contributed by atoms with Gasteiger partial charge < -0.3 is 10.4 Å². The molecule has 6 heteroatoms. The first kappa shape index (κ1) is 14.9. The maximum Gasteiger partial charge on any atom is 0.287 e. The second-order valence-electron chi connectivity index (χ2n) is 3.88. The van der Waals surface area contributed by atoms with Gasteiger partial charge in [0.15, 0.2) is 0 Å². The lowest BCUT2D eigenvalue weighted by Gasteiger charge is -2.13. The van der Waals surface area contributed by atoms with Crippen LogP contribution in [0.4, 0.5) is 8.78 Å². The van der Waals surface area contributed by atoms with Crippen LogP contribution in [0, 0.1) is 0 Å². The molecule has 0 saturated carbocycles. The van der Waals surface area contributed by atoms with Gasteiger partial charge in [-0.2, -0.15) is 0 Å². The Hall–Kier alpha value is -1.20. The van der Waals surface area contributed by atoms with E-state index in [1.54, 1.807) is 24.3 Å². The molecule has 0 atom stereocenters. The molecule has 1 amide bonds. The molecule has 18 heavy (non-hydrogen) atoms. The maximum atomic E-state index is 12.7. The quantitative estimate of drug-likeness (QED) is 0.836. The van der Waals surface area contributed by atoms with Crippen molar-refractivity contribution in [3.8, 4) is 0 Å². The van der Waals surface area contributed by atoms with Crippen LogP contribution in [0.2, 0.25) is 5.02 Å². The predicted octanol–water partition coefficient (Wildman–Crippen LogP) is 2.02. The van der Waals surface area contributed by atoms with Gasteiger partial charge in [0.2, 0.25) is 5.91 Å². The number of carbonyl (C=O) groups excluding carboxylic acids is 1. The molecule has 1 rings (SSSR count). The first-order valence-corrected chi connectivity index (χ1v) is 5.81. The van der Waals surface area contributed by atoms with Crippen LogP contribution in [-0.2, 0) is 11.2 Å². The van der Waals surface area contributed by atoms with Crippen molar-refractivity contribution in [1.29, 1.82) is 0 Å². The Morgan fingerprint density at radius 3 is 2.67 bits per heavy atom. The van der Waals surface area contributed by atoms with Crippen LogP contribution in [-0.4, -0.2) is 30.1 Å². The van der Waals surface area contributed by atoms with Crippen molar-refractivity contribution in [3.05, 3.63) is 34.9 Å². The molecule has 0 aromatic heterocycles. The average Bonchev–Trinajstić information content (AvgIpc) is 2.35. The van der Waals surface area contributed by atoms with Gasteiger partial charge in [-0.15, -0.1) is 0 Å². The number of rotatable bonds is 6. The molecule has 0 unspecified atom stereocenters. The maximum absolute atomic E-state index is 12.7. The number of hydrogen-bond donors (Lipinski definition) is 2. The Kier molecular flexibility index (Phi) is 5.50.